The molecule has 1 heterocycles. The largest absolute Gasteiger partial charge is 0.451 e. The number of carbonyl (C=O) groups is 1. The van der Waals surface area contributed by atoms with Gasteiger partial charge in [-0.15, -0.1) is 0 Å². The molecule has 0 saturated carbocycles. The zero-order valence-electron chi connectivity index (χ0n) is 11.4. The standard InChI is InChI=1S/C16H10Cl3NO2/c1-8-10-4-2-3-5-13(10)22-15(8)16(21)20-14-11(18)6-9(17)7-12(14)19/h2-7H,1H3,(H,20,21). The number of fused-ring (bicyclic) bond motifs is 1. The van der Waals surface area contributed by atoms with Crippen molar-refractivity contribution in [3.8, 4) is 0 Å². The molecule has 0 fully saturated rings. The molecule has 112 valence electrons. The molecule has 1 N–H and O–H groups in total. The Bertz CT molecular complexity index is 863. The van der Waals surface area contributed by atoms with Crippen molar-refractivity contribution in [1.29, 1.82) is 0 Å². The number of rotatable bonds is 2. The number of amides is 1. The highest BCUT2D eigenvalue weighted by atomic mass is 35.5. The van der Waals surface area contributed by atoms with Crippen molar-refractivity contribution in [1.82, 2.24) is 0 Å². The quantitative estimate of drug-likeness (QED) is 0.617. The summed E-state index contributed by atoms with van der Waals surface area (Å²) in [6.07, 6.45) is 0. The Morgan fingerprint density at radius 1 is 1.09 bits per heavy atom. The third-order valence-electron chi connectivity index (χ3n) is 3.30. The smallest absolute Gasteiger partial charge is 0.291 e. The Hall–Kier alpha value is -1.68. The van der Waals surface area contributed by atoms with Crippen LogP contribution >= 0.6 is 34.8 Å². The molecule has 22 heavy (non-hydrogen) atoms. The van der Waals surface area contributed by atoms with Gasteiger partial charge in [-0.25, -0.2) is 0 Å². The van der Waals surface area contributed by atoms with Crippen LogP contribution in [0.5, 0.6) is 0 Å². The summed E-state index contributed by atoms with van der Waals surface area (Å²) in [6.45, 7) is 1.83. The van der Waals surface area contributed by atoms with Crippen LogP contribution < -0.4 is 5.32 Å². The number of para-hydroxylation sites is 1. The highest BCUT2D eigenvalue weighted by molar-refractivity contribution is 6.42. The first-order chi connectivity index (χ1) is 10.5. The van der Waals surface area contributed by atoms with Crippen LogP contribution in [0.25, 0.3) is 11.0 Å². The number of anilines is 1. The summed E-state index contributed by atoms with van der Waals surface area (Å²) in [5.74, 6) is -0.192. The Kier molecular flexibility index (Phi) is 4.04. The number of halogens is 3. The second kappa shape index (κ2) is 5.84. The molecule has 3 aromatic rings. The molecule has 2 aromatic carbocycles. The Morgan fingerprint density at radius 3 is 2.36 bits per heavy atom. The van der Waals surface area contributed by atoms with E-state index >= 15 is 0 Å². The normalized spacial score (nSPS) is 10.9. The Labute approximate surface area is 141 Å². The van der Waals surface area contributed by atoms with Crippen LogP contribution in [0.1, 0.15) is 16.1 Å². The van der Waals surface area contributed by atoms with Crippen molar-refractivity contribution in [3.63, 3.8) is 0 Å². The van der Waals surface area contributed by atoms with Gasteiger partial charge >= 0.3 is 0 Å². The van der Waals surface area contributed by atoms with Gasteiger partial charge in [-0.3, -0.25) is 4.79 Å². The maximum atomic E-state index is 12.4. The number of hydrogen-bond acceptors (Lipinski definition) is 2. The molecule has 0 unspecified atom stereocenters. The summed E-state index contributed by atoms with van der Waals surface area (Å²) in [6, 6.07) is 10.5. The van der Waals surface area contributed by atoms with Gasteiger partial charge in [-0.1, -0.05) is 53.0 Å². The summed E-state index contributed by atoms with van der Waals surface area (Å²) >= 11 is 18.0. The third kappa shape index (κ3) is 2.68. The number of furan rings is 1. The van der Waals surface area contributed by atoms with Gasteiger partial charge in [-0.2, -0.15) is 0 Å². The molecular weight excluding hydrogens is 345 g/mol. The van der Waals surface area contributed by atoms with Gasteiger partial charge in [0, 0.05) is 16.0 Å². The molecule has 0 spiro atoms. The number of nitrogens with one attached hydrogen (secondary N) is 1. The number of hydrogen-bond donors (Lipinski definition) is 1. The fourth-order valence-corrected chi connectivity index (χ4v) is 3.13. The molecule has 1 aromatic heterocycles. The molecule has 6 heteroatoms. The topological polar surface area (TPSA) is 42.2 Å². The van der Waals surface area contributed by atoms with Crippen molar-refractivity contribution >= 4 is 57.4 Å². The molecule has 0 aliphatic rings. The Balaban J connectivity index is 1.99. The van der Waals surface area contributed by atoms with Gasteiger partial charge in [0.2, 0.25) is 0 Å². The maximum Gasteiger partial charge on any atom is 0.291 e. The van der Waals surface area contributed by atoms with Gasteiger partial charge in [0.1, 0.15) is 5.58 Å². The monoisotopic (exact) mass is 353 g/mol. The number of aryl methyl sites for hydroxylation is 1. The summed E-state index contributed by atoms with van der Waals surface area (Å²) in [5, 5.41) is 4.48. The van der Waals surface area contributed by atoms with Gasteiger partial charge in [0.15, 0.2) is 5.76 Å². The molecule has 0 saturated heterocycles. The van der Waals surface area contributed by atoms with Gasteiger partial charge < -0.3 is 9.73 Å². The van der Waals surface area contributed by atoms with Crippen molar-refractivity contribution in [2.24, 2.45) is 0 Å². The van der Waals surface area contributed by atoms with Gasteiger partial charge in [0.25, 0.3) is 5.91 Å². The molecule has 3 nitrogen and oxygen atoms in total. The minimum absolute atomic E-state index is 0.225. The average Bonchev–Trinajstić information content (AvgIpc) is 2.80. The molecule has 0 radical (unpaired) electrons. The second-order valence-electron chi connectivity index (χ2n) is 4.75. The van der Waals surface area contributed by atoms with E-state index in [4.69, 9.17) is 39.2 Å². The summed E-state index contributed by atoms with van der Waals surface area (Å²) in [5.41, 5.74) is 1.71. The van der Waals surface area contributed by atoms with E-state index in [-0.39, 0.29) is 15.8 Å². The first-order valence-corrected chi connectivity index (χ1v) is 7.55. The van der Waals surface area contributed by atoms with E-state index in [2.05, 4.69) is 5.32 Å². The highest BCUT2D eigenvalue weighted by Crippen LogP contribution is 2.34. The van der Waals surface area contributed by atoms with Crippen molar-refractivity contribution in [2.45, 2.75) is 6.92 Å². The van der Waals surface area contributed by atoms with E-state index in [0.29, 0.717) is 16.3 Å². The lowest BCUT2D eigenvalue weighted by molar-refractivity contribution is 0.0998. The molecule has 0 atom stereocenters. The van der Waals surface area contributed by atoms with Crippen molar-refractivity contribution < 1.29 is 9.21 Å². The fraction of sp³-hybridized carbons (Fsp3) is 0.0625. The lowest BCUT2D eigenvalue weighted by atomic mass is 10.1. The minimum atomic E-state index is -0.417. The van der Waals surface area contributed by atoms with E-state index in [9.17, 15) is 4.79 Å². The molecule has 1 amide bonds. The fourth-order valence-electron chi connectivity index (χ4n) is 2.22. The lowest BCUT2D eigenvalue weighted by Crippen LogP contribution is -2.12. The first kappa shape index (κ1) is 15.2. The first-order valence-electron chi connectivity index (χ1n) is 6.41. The molecule has 0 aliphatic heterocycles. The molecule has 0 aliphatic carbocycles. The predicted molar refractivity (Wildman–Crippen MR) is 90.4 cm³/mol. The molecule has 0 bridgehead atoms. The van der Waals surface area contributed by atoms with Crippen LogP contribution in [0.4, 0.5) is 5.69 Å². The Morgan fingerprint density at radius 2 is 1.73 bits per heavy atom. The van der Waals surface area contributed by atoms with Crippen molar-refractivity contribution in [3.05, 3.63) is 62.8 Å². The average molecular weight is 355 g/mol. The van der Waals surface area contributed by atoms with Crippen molar-refractivity contribution in [2.75, 3.05) is 5.32 Å². The summed E-state index contributed by atoms with van der Waals surface area (Å²) < 4.78 is 5.61. The van der Waals surface area contributed by atoms with E-state index in [0.717, 1.165) is 10.9 Å². The van der Waals surface area contributed by atoms with Gasteiger partial charge in [0.05, 0.1) is 15.7 Å². The zero-order valence-corrected chi connectivity index (χ0v) is 13.7. The van der Waals surface area contributed by atoms with Crippen LogP contribution in [-0.4, -0.2) is 5.91 Å². The highest BCUT2D eigenvalue weighted by Gasteiger charge is 2.19. The van der Waals surface area contributed by atoms with Crippen LogP contribution in [-0.2, 0) is 0 Å². The lowest BCUT2D eigenvalue weighted by Gasteiger charge is -2.09. The van der Waals surface area contributed by atoms with E-state index in [1.165, 1.54) is 12.1 Å². The molecular formula is C16H10Cl3NO2. The minimum Gasteiger partial charge on any atom is -0.451 e. The second-order valence-corrected chi connectivity index (χ2v) is 6.00. The van der Waals surface area contributed by atoms with Gasteiger partial charge in [-0.05, 0) is 25.1 Å². The summed E-state index contributed by atoms with van der Waals surface area (Å²) in [4.78, 5) is 12.4. The summed E-state index contributed by atoms with van der Waals surface area (Å²) in [7, 11) is 0. The number of carbonyl (C=O) groups excluding carboxylic acids is 1. The van der Waals surface area contributed by atoms with Crippen LogP contribution in [0, 0.1) is 6.92 Å². The van der Waals surface area contributed by atoms with Crippen LogP contribution in [0.2, 0.25) is 15.1 Å². The number of benzene rings is 2. The van der Waals surface area contributed by atoms with E-state index < -0.39 is 5.91 Å². The van der Waals surface area contributed by atoms with Crippen LogP contribution in [0.3, 0.4) is 0 Å². The predicted octanol–water partition coefficient (Wildman–Crippen LogP) is 5.95. The zero-order chi connectivity index (χ0) is 15.9. The van der Waals surface area contributed by atoms with E-state index in [1.807, 2.05) is 25.1 Å². The SMILES string of the molecule is Cc1c(C(=O)Nc2c(Cl)cc(Cl)cc2Cl)oc2ccccc12. The maximum absolute atomic E-state index is 12.4. The van der Waals surface area contributed by atoms with E-state index in [1.54, 1.807) is 6.07 Å². The third-order valence-corrected chi connectivity index (χ3v) is 4.11. The molecule has 3 rings (SSSR count). The van der Waals surface area contributed by atoms with Crippen LogP contribution in [0.15, 0.2) is 40.8 Å².